The molecular weight excluding hydrogens is 406 g/mol. The van der Waals surface area contributed by atoms with Gasteiger partial charge in [0.15, 0.2) is 0 Å². The van der Waals surface area contributed by atoms with Crippen LogP contribution < -0.4 is 18.4 Å². The number of hydrogen-bond acceptors (Lipinski definition) is 2. The van der Waals surface area contributed by atoms with E-state index in [0.717, 1.165) is 11.5 Å². The third-order valence-electron chi connectivity index (χ3n) is 3.80. The van der Waals surface area contributed by atoms with E-state index in [0.29, 0.717) is 29.9 Å². The Bertz CT molecular complexity index is 706. The van der Waals surface area contributed by atoms with E-state index in [9.17, 15) is 0 Å². The molecule has 22 heavy (non-hydrogen) atoms. The van der Waals surface area contributed by atoms with E-state index in [-0.39, 0.29) is 0 Å². The average molecular weight is 424 g/mol. The molecule has 0 amide bonds. The second kappa shape index (κ2) is 6.52. The van der Waals surface area contributed by atoms with E-state index < -0.39 is 0 Å². The van der Waals surface area contributed by atoms with Gasteiger partial charge in [-0.05, 0) is 0 Å². The molecule has 0 saturated heterocycles. The predicted octanol–water partition coefficient (Wildman–Crippen LogP) is 2.77. The molecule has 0 aliphatic rings. The summed E-state index contributed by atoms with van der Waals surface area (Å²) in [5.74, 6) is 6.44. The third-order valence-corrected chi connectivity index (χ3v) is 6.98. The van der Waals surface area contributed by atoms with Gasteiger partial charge in [-0.25, -0.2) is 0 Å². The van der Waals surface area contributed by atoms with Gasteiger partial charge in [-0.2, -0.15) is 0 Å². The molecule has 3 aromatic carbocycles. The molecule has 2 nitrogen and oxygen atoms in total. The topological polar surface area (TPSA) is 18.5 Å². The van der Waals surface area contributed by atoms with Gasteiger partial charge in [0.05, 0.1) is 0 Å². The third kappa shape index (κ3) is 2.73. The van der Waals surface area contributed by atoms with Crippen LogP contribution in [0.2, 0.25) is 11.6 Å². The zero-order valence-corrected chi connectivity index (χ0v) is 16.5. The fourth-order valence-corrected chi connectivity index (χ4v) is 5.12. The molecule has 0 N–H and O–H groups in total. The van der Waals surface area contributed by atoms with E-state index in [1.54, 1.807) is 14.2 Å². The molecule has 114 valence electrons. The minimum absolute atomic E-state index is 0.417. The second-order valence-corrected chi connectivity index (χ2v) is 8.52. The summed E-state index contributed by atoms with van der Waals surface area (Å²) in [6, 6.07) is 13.4. The van der Waals surface area contributed by atoms with Gasteiger partial charge in [0.1, 0.15) is 0 Å². The summed E-state index contributed by atoms with van der Waals surface area (Å²) < 4.78 is 13.7. The number of rotatable bonds is 4. The van der Waals surface area contributed by atoms with Gasteiger partial charge in [-0.1, -0.05) is 0 Å². The maximum absolute atomic E-state index is 5.54. The van der Waals surface area contributed by atoms with Crippen LogP contribution in [0.1, 0.15) is 0 Å². The maximum atomic E-state index is 5.54. The van der Waals surface area contributed by atoms with Crippen LogP contribution >= 0.6 is 0 Å². The van der Waals surface area contributed by atoms with E-state index in [1.807, 2.05) is 0 Å². The molecule has 0 aliphatic carbocycles. The molecule has 0 atom stereocenters. The zero-order chi connectivity index (χ0) is 15.7. The first kappa shape index (κ1) is 15.7. The summed E-state index contributed by atoms with van der Waals surface area (Å²) in [5.41, 5.74) is 0. The summed E-state index contributed by atoms with van der Waals surface area (Å²) in [6.07, 6.45) is 0. The van der Waals surface area contributed by atoms with Gasteiger partial charge in [-0.15, -0.1) is 0 Å². The fraction of sp³-hybridized carbons (Fsp3) is 0.222. The number of benzene rings is 3. The summed E-state index contributed by atoms with van der Waals surface area (Å²) in [4.78, 5) is 0. The molecule has 3 aromatic rings. The van der Waals surface area contributed by atoms with Crippen molar-refractivity contribution in [1.82, 2.24) is 0 Å². The van der Waals surface area contributed by atoms with Gasteiger partial charge in [0.2, 0.25) is 0 Å². The first-order valence-electron chi connectivity index (χ1n) is 6.91. The van der Waals surface area contributed by atoms with Crippen molar-refractivity contribution in [3.8, 4) is 11.5 Å². The number of methoxy groups -OCH3 is 2. The Morgan fingerprint density at radius 1 is 0.591 bits per heavy atom. The van der Waals surface area contributed by atoms with Crippen molar-refractivity contribution in [2.24, 2.45) is 0 Å². The SMILES string of the molecule is COc1cc2cc3cc([Se]C)c(OC)cc3cc2cc1[Se]C. The van der Waals surface area contributed by atoms with Crippen LogP contribution in [0.5, 0.6) is 11.5 Å². The zero-order valence-electron chi connectivity index (χ0n) is 13.1. The van der Waals surface area contributed by atoms with Gasteiger partial charge in [-0.3, -0.25) is 0 Å². The molecule has 0 radical (unpaired) electrons. The van der Waals surface area contributed by atoms with Crippen LogP contribution in [-0.2, 0) is 0 Å². The second-order valence-electron chi connectivity index (χ2n) is 4.96. The average Bonchev–Trinajstić information content (AvgIpc) is 2.57. The molecule has 0 heterocycles. The van der Waals surface area contributed by atoms with Crippen LogP contribution in [0.3, 0.4) is 0 Å². The number of hydrogen-bond donors (Lipinski definition) is 0. The minimum atomic E-state index is 0.417. The Kier molecular flexibility index (Phi) is 4.65. The summed E-state index contributed by atoms with van der Waals surface area (Å²) in [6.45, 7) is 0. The molecule has 0 aliphatic heterocycles. The quantitative estimate of drug-likeness (QED) is 0.474. The van der Waals surface area contributed by atoms with Gasteiger partial charge in [0, 0.05) is 0 Å². The summed E-state index contributed by atoms with van der Waals surface area (Å²) in [7, 11) is 3.50. The Hall–Kier alpha value is -1.18. The van der Waals surface area contributed by atoms with Crippen LogP contribution in [0.4, 0.5) is 0 Å². The van der Waals surface area contributed by atoms with Crippen molar-refractivity contribution in [2.75, 3.05) is 14.2 Å². The summed E-state index contributed by atoms with van der Waals surface area (Å²) >= 11 is 0.835. The van der Waals surface area contributed by atoms with Crippen molar-refractivity contribution in [3.63, 3.8) is 0 Å². The Balaban J connectivity index is 2.30. The van der Waals surface area contributed by atoms with E-state index in [2.05, 4.69) is 48.0 Å². The van der Waals surface area contributed by atoms with Crippen molar-refractivity contribution >= 4 is 60.4 Å². The number of fused-ring (bicyclic) bond motifs is 2. The monoisotopic (exact) mass is 426 g/mol. The van der Waals surface area contributed by atoms with Crippen LogP contribution in [0, 0.1) is 0 Å². The Morgan fingerprint density at radius 2 is 0.955 bits per heavy atom. The van der Waals surface area contributed by atoms with Crippen LogP contribution in [0.15, 0.2) is 36.4 Å². The first-order valence-corrected chi connectivity index (χ1v) is 12.1. The molecular formula is C18H18O2Se2. The van der Waals surface area contributed by atoms with E-state index in [4.69, 9.17) is 9.47 Å². The van der Waals surface area contributed by atoms with Gasteiger partial charge < -0.3 is 0 Å². The van der Waals surface area contributed by atoms with E-state index in [1.165, 1.54) is 30.5 Å². The Labute approximate surface area is 143 Å². The fourth-order valence-electron chi connectivity index (χ4n) is 2.66. The van der Waals surface area contributed by atoms with Gasteiger partial charge >= 0.3 is 144 Å². The standard InChI is InChI=1S/C18H18O2Se2/c1-19-15-7-11-5-14-10-18(22-4)16(20-2)8-12(14)6-13(11)9-17(15)21-3/h5-10H,1-4H3. The predicted molar refractivity (Wildman–Crippen MR) is 97.1 cm³/mol. The molecule has 0 saturated carbocycles. The first-order chi connectivity index (χ1) is 10.7. The van der Waals surface area contributed by atoms with Crippen LogP contribution in [0.25, 0.3) is 21.5 Å². The molecule has 0 aromatic heterocycles. The molecule has 4 heteroatoms. The molecule has 0 spiro atoms. The van der Waals surface area contributed by atoms with Crippen molar-refractivity contribution in [1.29, 1.82) is 0 Å². The van der Waals surface area contributed by atoms with Crippen molar-refractivity contribution in [2.45, 2.75) is 11.6 Å². The normalized spacial score (nSPS) is 11.1. The van der Waals surface area contributed by atoms with Gasteiger partial charge in [0.25, 0.3) is 0 Å². The summed E-state index contributed by atoms with van der Waals surface area (Å²) in [5, 5.41) is 5.00. The van der Waals surface area contributed by atoms with Crippen molar-refractivity contribution < 1.29 is 9.47 Å². The number of ether oxygens (including phenoxy) is 2. The van der Waals surface area contributed by atoms with E-state index >= 15 is 0 Å². The molecule has 3 rings (SSSR count). The van der Waals surface area contributed by atoms with Crippen molar-refractivity contribution in [3.05, 3.63) is 36.4 Å². The molecule has 0 fully saturated rings. The van der Waals surface area contributed by atoms with Crippen LogP contribution in [-0.4, -0.2) is 44.1 Å². The Morgan fingerprint density at radius 3 is 1.27 bits per heavy atom. The molecule has 0 unspecified atom stereocenters. The molecule has 0 bridgehead atoms.